The molecule has 0 aromatic heterocycles. The molecule has 0 saturated carbocycles. The van der Waals surface area contributed by atoms with Gasteiger partial charge in [-0.1, -0.05) is 203 Å². The molecule has 0 aliphatic carbocycles. The van der Waals surface area contributed by atoms with E-state index in [4.69, 9.17) is 33.2 Å². The summed E-state index contributed by atoms with van der Waals surface area (Å²) in [5, 5.41) is 10.5. The third kappa shape index (κ3) is 16.7. The van der Waals surface area contributed by atoms with Crippen molar-refractivity contribution in [3.63, 3.8) is 0 Å². The van der Waals surface area contributed by atoms with Gasteiger partial charge in [-0.3, -0.25) is 0 Å². The Labute approximate surface area is 387 Å². The Bertz CT molecular complexity index is 2090. The zero-order valence-electron chi connectivity index (χ0n) is 38.3. The van der Waals surface area contributed by atoms with E-state index in [-0.39, 0.29) is 43.9 Å². The Morgan fingerprint density at radius 3 is 0.969 bits per heavy atom. The summed E-state index contributed by atoms with van der Waals surface area (Å²) in [6.07, 6.45) is -2.18. The van der Waals surface area contributed by atoms with Crippen LogP contribution in [0.25, 0.3) is 0 Å². The molecule has 0 aliphatic rings. The molecule has 6 rings (SSSR count). The highest BCUT2D eigenvalue weighted by molar-refractivity contribution is 5.18. The molecule has 0 fully saturated rings. The number of benzene rings is 6. The van der Waals surface area contributed by atoms with Crippen molar-refractivity contribution in [2.24, 2.45) is 11.8 Å². The lowest BCUT2D eigenvalue weighted by Crippen LogP contribution is -2.51. The van der Waals surface area contributed by atoms with Crippen LogP contribution in [-0.2, 0) is 72.8 Å². The highest BCUT2D eigenvalue weighted by atomic mass is 16.6. The van der Waals surface area contributed by atoms with E-state index in [2.05, 4.69) is 86.6 Å². The monoisotopic (exact) mass is 880 g/mol. The van der Waals surface area contributed by atoms with E-state index in [1.54, 1.807) is 0 Å². The second-order valence-electron chi connectivity index (χ2n) is 16.8. The average Bonchev–Trinajstić information content (AvgIpc) is 3.37. The fraction of sp³-hybridized carbons (Fsp3) is 0.368. The van der Waals surface area contributed by atoms with Gasteiger partial charge in [-0.05, 0) is 39.8 Å². The minimum atomic E-state index is -0.624. The number of hydrogen-bond donors (Lipinski definition) is 1. The van der Waals surface area contributed by atoms with Gasteiger partial charge in [-0.25, -0.2) is 0 Å². The molecule has 0 spiro atoms. The van der Waals surface area contributed by atoms with Gasteiger partial charge in [0.1, 0.15) is 18.3 Å². The SMILES string of the molecule is CC[C@H](OCc1ccccc1)[C@H](OCc1ccccc1)[C@@H](OCc1ccccc1)[C@H](COC[C@@H](OCc1ccccc1)[C@@H](C)[C@H](OCc1ccccc1)[C@H](C)CO)OCc1ccccc1. The van der Waals surface area contributed by atoms with Crippen LogP contribution in [-0.4, -0.2) is 61.6 Å². The van der Waals surface area contributed by atoms with Gasteiger partial charge >= 0.3 is 0 Å². The topological polar surface area (TPSA) is 84.8 Å². The maximum atomic E-state index is 10.5. The lowest BCUT2D eigenvalue weighted by Gasteiger charge is -2.38. The van der Waals surface area contributed by atoms with Crippen molar-refractivity contribution in [3.05, 3.63) is 215 Å². The maximum absolute atomic E-state index is 10.5. The molecule has 8 atom stereocenters. The van der Waals surface area contributed by atoms with Gasteiger partial charge in [0, 0.05) is 18.4 Å². The molecule has 0 saturated heterocycles. The van der Waals surface area contributed by atoms with Crippen molar-refractivity contribution in [1.82, 2.24) is 0 Å². The third-order valence-corrected chi connectivity index (χ3v) is 11.8. The lowest BCUT2D eigenvalue weighted by atomic mass is 9.89. The van der Waals surface area contributed by atoms with E-state index in [0.717, 1.165) is 33.4 Å². The lowest BCUT2D eigenvalue weighted by molar-refractivity contribution is -0.203. The van der Waals surface area contributed by atoms with Crippen LogP contribution >= 0.6 is 0 Å². The van der Waals surface area contributed by atoms with Gasteiger partial charge in [0.05, 0.1) is 71.2 Å². The standard InChI is InChI=1S/C57H68O8/c1-4-52(60-36-46-23-11-5-12-24-46)56(64-40-50-31-19-9-20-32-50)57(65-41-51-33-21-10-22-34-51)54(62-38-48-27-15-7-16-28-48)43-59-42-53(61-37-47-25-13-6-14-26-47)45(3)55(44(2)35-58)63-39-49-29-17-8-18-30-49/h5-34,44-45,52-58H,4,35-43H2,1-3H3/t44-,45-,52+,53-,54+,55-,56+,57+/m1/s1. The summed E-state index contributed by atoms with van der Waals surface area (Å²) in [4.78, 5) is 0. The summed E-state index contributed by atoms with van der Waals surface area (Å²) in [5.41, 5.74) is 6.30. The minimum absolute atomic E-state index is 0.0266. The predicted molar refractivity (Wildman–Crippen MR) is 257 cm³/mol. The van der Waals surface area contributed by atoms with Crippen molar-refractivity contribution in [2.75, 3.05) is 19.8 Å². The van der Waals surface area contributed by atoms with E-state index < -0.39 is 24.4 Å². The third-order valence-electron chi connectivity index (χ3n) is 11.8. The fourth-order valence-electron chi connectivity index (χ4n) is 7.94. The summed E-state index contributed by atoms with van der Waals surface area (Å²) in [6, 6.07) is 61.0. The first-order valence-corrected chi connectivity index (χ1v) is 23.1. The Morgan fingerprint density at radius 2 is 0.631 bits per heavy atom. The molecule has 8 heteroatoms. The number of aliphatic hydroxyl groups excluding tert-OH is 1. The molecule has 0 heterocycles. The van der Waals surface area contributed by atoms with Crippen molar-refractivity contribution in [3.8, 4) is 0 Å². The summed E-state index contributed by atoms with van der Waals surface area (Å²) < 4.78 is 48.0. The van der Waals surface area contributed by atoms with Gasteiger partial charge in [0.2, 0.25) is 0 Å². The van der Waals surface area contributed by atoms with Crippen LogP contribution in [0.5, 0.6) is 0 Å². The van der Waals surface area contributed by atoms with E-state index in [1.165, 1.54) is 0 Å². The molecular weight excluding hydrogens is 813 g/mol. The largest absolute Gasteiger partial charge is 0.396 e. The zero-order chi connectivity index (χ0) is 45.3. The molecule has 1 N–H and O–H groups in total. The molecule has 0 radical (unpaired) electrons. The molecule has 65 heavy (non-hydrogen) atoms. The van der Waals surface area contributed by atoms with Crippen LogP contribution in [0, 0.1) is 11.8 Å². The first-order valence-electron chi connectivity index (χ1n) is 23.1. The summed E-state index contributed by atoms with van der Waals surface area (Å²) in [5.74, 6) is -0.310. The summed E-state index contributed by atoms with van der Waals surface area (Å²) >= 11 is 0. The van der Waals surface area contributed by atoms with Gasteiger partial charge in [-0.15, -0.1) is 0 Å². The first kappa shape index (κ1) is 49.4. The molecule has 0 unspecified atom stereocenters. The minimum Gasteiger partial charge on any atom is -0.396 e. The van der Waals surface area contributed by atoms with E-state index in [0.29, 0.717) is 46.1 Å². The molecule has 6 aromatic carbocycles. The number of rotatable bonds is 30. The van der Waals surface area contributed by atoms with Gasteiger partial charge in [-0.2, -0.15) is 0 Å². The van der Waals surface area contributed by atoms with Crippen LogP contribution in [0.4, 0.5) is 0 Å². The van der Waals surface area contributed by atoms with Crippen LogP contribution in [0.1, 0.15) is 60.6 Å². The molecule has 0 amide bonds. The number of ether oxygens (including phenoxy) is 7. The fourth-order valence-corrected chi connectivity index (χ4v) is 7.94. The maximum Gasteiger partial charge on any atom is 0.115 e. The van der Waals surface area contributed by atoms with Crippen LogP contribution in [0.15, 0.2) is 182 Å². The summed E-state index contributed by atoms with van der Waals surface area (Å²) in [7, 11) is 0. The normalized spacial score (nSPS) is 15.3. The van der Waals surface area contributed by atoms with Gasteiger partial charge in [0.25, 0.3) is 0 Å². The zero-order valence-corrected chi connectivity index (χ0v) is 38.3. The van der Waals surface area contributed by atoms with E-state index >= 15 is 0 Å². The highest BCUT2D eigenvalue weighted by Crippen LogP contribution is 2.28. The Morgan fingerprint density at radius 1 is 0.354 bits per heavy atom. The molecule has 0 bridgehead atoms. The number of aliphatic hydroxyl groups is 1. The second-order valence-corrected chi connectivity index (χ2v) is 16.8. The molecule has 8 nitrogen and oxygen atoms in total. The van der Waals surface area contributed by atoms with Crippen LogP contribution in [0.3, 0.4) is 0 Å². The van der Waals surface area contributed by atoms with Gasteiger partial charge in [0.15, 0.2) is 0 Å². The van der Waals surface area contributed by atoms with E-state index in [1.807, 2.05) is 116 Å². The smallest absolute Gasteiger partial charge is 0.115 e. The molecule has 344 valence electrons. The second kappa shape index (κ2) is 28.1. The quantitative estimate of drug-likeness (QED) is 0.0479. The molecular formula is C57H68O8. The van der Waals surface area contributed by atoms with Crippen molar-refractivity contribution >= 4 is 0 Å². The number of hydrogen-bond acceptors (Lipinski definition) is 8. The van der Waals surface area contributed by atoms with Crippen molar-refractivity contribution in [1.29, 1.82) is 0 Å². The predicted octanol–water partition coefficient (Wildman–Crippen LogP) is 11.2. The highest BCUT2D eigenvalue weighted by Gasteiger charge is 2.39. The van der Waals surface area contributed by atoms with E-state index in [9.17, 15) is 5.11 Å². The van der Waals surface area contributed by atoms with Crippen molar-refractivity contribution in [2.45, 2.75) is 103 Å². The first-order chi connectivity index (χ1) is 32.0. The average molecular weight is 881 g/mol. The van der Waals surface area contributed by atoms with Gasteiger partial charge < -0.3 is 38.3 Å². The Balaban J connectivity index is 1.31. The Kier molecular flexibility index (Phi) is 21.4. The van der Waals surface area contributed by atoms with Crippen LogP contribution in [0.2, 0.25) is 0 Å². The molecule has 0 aliphatic heterocycles. The summed E-state index contributed by atoms with van der Waals surface area (Å²) in [6.45, 7) is 8.90. The Hall–Kier alpha value is -5.00. The van der Waals surface area contributed by atoms with Crippen molar-refractivity contribution < 1.29 is 38.3 Å². The molecule has 6 aromatic rings. The van der Waals surface area contributed by atoms with Crippen LogP contribution < -0.4 is 0 Å².